The molecule has 0 aliphatic rings. The number of rotatable bonds is 6. The molecule has 15 heavy (non-hydrogen) atoms. The van der Waals surface area contributed by atoms with Crippen molar-refractivity contribution in [1.82, 2.24) is 0 Å². The fourth-order valence-corrected chi connectivity index (χ4v) is 1.50. The lowest BCUT2D eigenvalue weighted by atomic mass is 10.1. The van der Waals surface area contributed by atoms with Crippen LogP contribution in [0.15, 0.2) is 18.2 Å². The summed E-state index contributed by atoms with van der Waals surface area (Å²) in [6, 6.07) is 6.17. The molecule has 0 radical (unpaired) electrons. The Morgan fingerprint density at radius 3 is 2.80 bits per heavy atom. The van der Waals surface area contributed by atoms with Crippen LogP contribution in [0.1, 0.15) is 18.9 Å². The summed E-state index contributed by atoms with van der Waals surface area (Å²) in [6.07, 6.45) is 1.98. The smallest absolute Gasteiger partial charge is 0.122 e. The molecule has 0 unspecified atom stereocenters. The van der Waals surface area contributed by atoms with Crippen LogP contribution < -0.4 is 15.8 Å². The van der Waals surface area contributed by atoms with Crippen LogP contribution in [0.4, 0.5) is 5.69 Å². The maximum absolute atomic E-state index is 5.43. The highest BCUT2D eigenvalue weighted by Gasteiger charge is 2.01. The minimum atomic E-state index is 0.726. The van der Waals surface area contributed by atoms with Crippen LogP contribution in [0.5, 0.6) is 5.75 Å². The number of hydrogen-bond donors (Lipinski definition) is 2. The Bertz CT molecular complexity index is 300. The van der Waals surface area contributed by atoms with Crippen molar-refractivity contribution in [3.05, 3.63) is 23.8 Å². The fourth-order valence-electron chi connectivity index (χ4n) is 1.50. The molecule has 0 atom stereocenters. The van der Waals surface area contributed by atoms with Crippen LogP contribution in [0, 0.1) is 0 Å². The standard InChI is InChI=1S/C12H20N2O/c1-3-10-9-11(14-8-4-7-13)5-6-12(10)15-2/h5-6,9,14H,3-4,7-8,13H2,1-2H3. The molecule has 3 nitrogen and oxygen atoms in total. The van der Waals surface area contributed by atoms with E-state index in [1.165, 1.54) is 5.56 Å². The molecule has 3 N–H and O–H groups in total. The van der Waals surface area contributed by atoms with Crippen LogP contribution in [0.25, 0.3) is 0 Å². The van der Waals surface area contributed by atoms with E-state index in [0.717, 1.165) is 37.4 Å². The van der Waals surface area contributed by atoms with Gasteiger partial charge in [0.05, 0.1) is 7.11 Å². The molecule has 0 amide bonds. The third-order valence-electron chi connectivity index (χ3n) is 2.37. The highest BCUT2D eigenvalue weighted by molar-refractivity contribution is 5.51. The minimum absolute atomic E-state index is 0.726. The van der Waals surface area contributed by atoms with E-state index in [-0.39, 0.29) is 0 Å². The normalized spacial score (nSPS) is 10.1. The average Bonchev–Trinajstić information content (AvgIpc) is 2.29. The summed E-state index contributed by atoms with van der Waals surface area (Å²) in [5.41, 5.74) is 7.81. The Kier molecular flexibility index (Phi) is 4.98. The van der Waals surface area contributed by atoms with Crippen LogP contribution >= 0.6 is 0 Å². The molecule has 0 aromatic heterocycles. The van der Waals surface area contributed by atoms with Crippen molar-refractivity contribution < 1.29 is 4.74 Å². The molecule has 1 rings (SSSR count). The van der Waals surface area contributed by atoms with E-state index < -0.39 is 0 Å². The zero-order valence-electron chi connectivity index (χ0n) is 9.55. The predicted molar refractivity (Wildman–Crippen MR) is 64.5 cm³/mol. The van der Waals surface area contributed by atoms with Crippen LogP contribution in [0.2, 0.25) is 0 Å². The van der Waals surface area contributed by atoms with Gasteiger partial charge in [-0.1, -0.05) is 6.92 Å². The predicted octanol–water partition coefficient (Wildman–Crippen LogP) is 2.02. The molecule has 0 bridgehead atoms. The van der Waals surface area contributed by atoms with Gasteiger partial charge in [-0.3, -0.25) is 0 Å². The lowest BCUT2D eigenvalue weighted by molar-refractivity contribution is 0.410. The molecule has 0 aliphatic heterocycles. The molecule has 0 heterocycles. The van der Waals surface area contributed by atoms with E-state index in [4.69, 9.17) is 10.5 Å². The molecule has 0 fully saturated rings. The maximum Gasteiger partial charge on any atom is 0.122 e. The minimum Gasteiger partial charge on any atom is -0.496 e. The Morgan fingerprint density at radius 1 is 1.40 bits per heavy atom. The summed E-state index contributed by atoms with van der Waals surface area (Å²) in [5, 5.41) is 3.34. The third-order valence-corrected chi connectivity index (χ3v) is 2.37. The number of nitrogens with two attached hydrogens (primary N) is 1. The zero-order valence-corrected chi connectivity index (χ0v) is 9.55. The van der Waals surface area contributed by atoms with Crippen molar-refractivity contribution in [1.29, 1.82) is 0 Å². The van der Waals surface area contributed by atoms with E-state index in [2.05, 4.69) is 18.3 Å². The van der Waals surface area contributed by atoms with Crippen molar-refractivity contribution in [2.75, 3.05) is 25.5 Å². The molecular formula is C12H20N2O. The molecule has 84 valence electrons. The van der Waals surface area contributed by atoms with Gasteiger partial charge in [-0.05, 0) is 43.1 Å². The first kappa shape index (κ1) is 11.9. The van der Waals surface area contributed by atoms with Crippen LogP contribution in [-0.4, -0.2) is 20.2 Å². The molecule has 1 aromatic rings. The Balaban J connectivity index is 2.66. The second-order valence-electron chi connectivity index (χ2n) is 3.45. The fraction of sp³-hybridized carbons (Fsp3) is 0.500. The molecule has 0 aliphatic carbocycles. The molecule has 1 aromatic carbocycles. The molecule has 0 spiro atoms. The van der Waals surface area contributed by atoms with Crippen molar-refractivity contribution >= 4 is 5.69 Å². The van der Waals surface area contributed by atoms with E-state index in [1.54, 1.807) is 7.11 Å². The zero-order chi connectivity index (χ0) is 11.1. The van der Waals surface area contributed by atoms with Crippen molar-refractivity contribution in [3.63, 3.8) is 0 Å². The van der Waals surface area contributed by atoms with E-state index >= 15 is 0 Å². The Hall–Kier alpha value is -1.22. The van der Waals surface area contributed by atoms with Gasteiger partial charge in [0.25, 0.3) is 0 Å². The average molecular weight is 208 g/mol. The van der Waals surface area contributed by atoms with Crippen molar-refractivity contribution in [2.45, 2.75) is 19.8 Å². The number of ether oxygens (including phenoxy) is 1. The quantitative estimate of drug-likeness (QED) is 0.703. The summed E-state index contributed by atoms with van der Waals surface area (Å²) in [6.45, 7) is 3.78. The number of aryl methyl sites for hydroxylation is 1. The Morgan fingerprint density at radius 2 is 2.20 bits per heavy atom. The lowest BCUT2D eigenvalue weighted by Gasteiger charge is -2.10. The first-order valence-electron chi connectivity index (χ1n) is 5.42. The number of anilines is 1. The number of hydrogen-bond acceptors (Lipinski definition) is 3. The van der Waals surface area contributed by atoms with Crippen molar-refractivity contribution in [3.8, 4) is 5.75 Å². The number of nitrogens with one attached hydrogen (secondary N) is 1. The topological polar surface area (TPSA) is 47.3 Å². The van der Waals surface area contributed by atoms with Gasteiger partial charge >= 0.3 is 0 Å². The highest BCUT2D eigenvalue weighted by atomic mass is 16.5. The van der Waals surface area contributed by atoms with Crippen LogP contribution in [-0.2, 0) is 6.42 Å². The van der Waals surface area contributed by atoms with Gasteiger partial charge in [0.1, 0.15) is 5.75 Å². The van der Waals surface area contributed by atoms with Gasteiger partial charge in [-0.2, -0.15) is 0 Å². The molecule has 3 heteroatoms. The van der Waals surface area contributed by atoms with Crippen LogP contribution in [0.3, 0.4) is 0 Å². The SMILES string of the molecule is CCc1cc(NCCCN)ccc1OC. The van der Waals surface area contributed by atoms with Gasteiger partial charge < -0.3 is 15.8 Å². The summed E-state index contributed by atoms with van der Waals surface area (Å²) >= 11 is 0. The molecule has 0 saturated heterocycles. The second-order valence-corrected chi connectivity index (χ2v) is 3.45. The molecular weight excluding hydrogens is 188 g/mol. The Labute approximate surface area is 91.6 Å². The highest BCUT2D eigenvalue weighted by Crippen LogP contribution is 2.22. The second kappa shape index (κ2) is 6.30. The summed E-state index contributed by atoms with van der Waals surface area (Å²) in [5.74, 6) is 0.960. The monoisotopic (exact) mass is 208 g/mol. The van der Waals surface area contributed by atoms with Gasteiger partial charge in [0.15, 0.2) is 0 Å². The number of benzene rings is 1. The third kappa shape index (κ3) is 3.44. The molecule has 0 saturated carbocycles. The van der Waals surface area contributed by atoms with Crippen molar-refractivity contribution in [2.24, 2.45) is 5.73 Å². The van der Waals surface area contributed by atoms with E-state index in [9.17, 15) is 0 Å². The van der Waals surface area contributed by atoms with Gasteiger partial charge in [0.2, 0.25) is 0 Å². The first-order valence-corrected chi connectivity index (χ1v) is 5.42. The summed E-state index contributed by atoms with van der Waals surface area (Å²) < 4.78 is 5.27. The van der Waals surface area contributed by atoms with E-state index in [1.807, 2.05) is 12.1 Å². The van der Waals surface area contributed by atoms with Gasteiger partial charge in [-0.15, -0.1) is 0 Å². The summed E-state index contributed by atoms with van der Waals surface area (Å²) in [7, 11) is 1.70. The first-order chi connectivity index (χ1) is 7.31. The largest absolute Gasteiger partial charge is 0.496 e. The maximum atomic E-state index is 5.43. The van der Waals surface area contributed by atoms with E-state index in [0.29, 0.717) is 0 Å². The lowest BCUT2D eigenvalue weighted by Crippen LogP contribution is -2.08. The summed E-state index contributed by atoms with van der Waals surface area (Å²) in [4.78, 5) is 0. The number of methoxy groups -OCH3 is 1. The van der Waals surface area contributed by atoms with Gasteiger partial charge in [0, 0.05) is 12.2 Å². The van der Waals surface area contributed by atoms with Gasteiger partial charge in [-0.25, -0.2) is 0 Å².